The first-order chi connectivity index (χ1) is 11.5. The van der Waals surface area contributed by atoms with Gasteiger partial charge in [0.25, 0.3) is 11.8 Å². The minimum Gasteiger partial charge on any atom is -0.501 e. The topological polar surface area (TPSA) is 107 Å². The lowest BCUT2D eigenvalue weighted by molar-refractivity contribution is 0.0941. The molecule has 0 aliphatic carbocycles. The number of halogens is 1. The van der Waals surface area contributed by atoms with Crippen molar-refractivity contribution in [3.05, 3.63) is 47.2 Å². The number of hydrogen-bond acceptors (Lipinski definition) is 6. The molecule has 1 amide bonds. The Labute approximate surface area is 137 Å². The number of rotatable bonds is 4. The van der Waals surface area contributed by atoms with Crippen LogP contribution in [0.4, 0.5) is 4.39 Å². The second-order valence-corrected chi connectivity index (χ2v) is 5.56. The maximum absolute atomic E-state index is 12.9. The minimum atomic E-state index is -0.659. The summed E-state index contributed by atoms with van der Waals surface area (Å²) in [6.45, 7) is 0.947. The highest BCUT2D eigenvalue weighted by Gasteiger charge is 2.25. The molecule has 1 fully saturated rings. The molecule has 126 valence electrons. The van der Waals surface area contributed by atoms with Crippen LogP contribution >= 0.6 is 0 Å². The van der Waals surface area contributed by atoms with Gasteiger partial charge >= 0.3 is 0 Å². The van der Waals surface area contributed by atoms with E-state index >= 15 is 0 Å². The molecular formula is C16H17FN4O3. The molecule has 8 heteroatoms. The monoisotopic (exact) mass is 332 g/mol. The van der Waals surface area contributed by atoms with Crippen molar-refractivity contribution >= 4 is 5.91 Å². The fraction of sp³-hybridized carbons (Fsp3) is 0.312. The third-order valence-corrected chi connectivity index (χ3v) is 3.84. The van der Waals surface area contributed by atoms with E-state index in [-0.39, 0.29) is 29.9 Å². The Bertz CT molecular complexity index is 746. The Morgan fingerprint density at radius 2 is 2.04 bits per heavy atom. The normalized spacial score (nSPS) is 17.0. The van der Waals surface area contributed by atoms with E-state index in [1.807, 2.05) is 0 Å². The molecule has 1 aromatic heterocycles. The molecule has 1 unspecified atom stereocenters. The number of hydrogen-bond donors (Lipinski definition) is 4. The van der Waals surface area contributed by atoms with Gasteiger partial charge in [-0.2, -0.15) is 4.98 Å². The molecule has 2 heterocycles. The molecule has 0 radical (unpaired) electrons. The number of aromatic hydroxyl groups is 2. The molecule has 24 heavy (non-hydrogen) atoms. The zero-order valence-electron chi connectivity index (χ0n) is 12.8. The summed E-state index contributed by atoms with van der Waals surface area (Å²) in [7, 11) is 0. The van der Waals surface area contributed by atoms with E-state index in [1.54, 1.807) is 12.1 Å². The van der Waals surface area contributed by atoms with Crippen molar-refractivity contribution in [1.82, 2.24) is 20.6 Å². The second kappa shape index (κ2) is 6.79. The predicted octanol–water partition coefficient (Wildman–Crippen LogP) is 1.38. The maximum atomic E-state index is 12.9. The van der Waals surface area contributed by atoms with E-state index in [9.17, 15) is 19.4 Å². The number of nitrogens with one attached hydrogen (secondary N) is 2. The van der Waals surface area contributed by atoms with Gasteiger partial charge in [-0.1, -0.05) is 12.1 Å². The van der Waals surface area contributed by atoms with Crippen LogP contribution in [0.1, 0.15) is 40.8 Å². The SMILES string of the molecule is O=C(NCc1ccc(F)cc1)c1nc(C2CCCN2)nc(O)c1O. The van der Waals surface area contributed by atoms with Gasteiger partial charge in [0.1, 0.15) is 11.6 Å². The first-order valence-corrected chi connectivity index (χ1v) is 7.60. The number of nitrogens with zero attached hydrogens (tertiary/aromatic N) is 2. The Hall–Kier alpha value is -2.74. The summed E-state index contributed by atoms with van der Waals surface area (Å²) in [5.74, 6) is -2.02. The van der Waals surface area contributed by atoms with E-state index in [4.69, 9.17) is 0 Å². The zero-order valence-corrected chi connectivity index (χ0v) is 12.8. The van der Waals surface area contributed by atoms with Crippen molar-refractivity contribution in [3.8, 4) is 11.6 Å². The summed E-state index contributed by atoms with van der Waals surface area (Å²) in [5, 5.41) is 25.4. The van der Waals surface area contributed by atoms with E-state index in [2.05, 4.69) is 20.6 Å². The first-order valence-electron chi connectivity index (χ1n) is 7.60. The van der Waals surface area contributed by atoms with E-state index in [0.29, 0.717) is 5.56 Å². The molecule has 0 saturated carbocycles. The molecule has 3 rings (SSSR count). The Balaban J connectivity index is 1.76. The van der Waals surface area contributed by atoms with Crippen LogP contribution in [0.15, 0.2) is 24.3 Å². The van der Waals surface area contributed by atoms with Crippen LogP contribution in [-0.4, -0.2) is 32.6 Å². The van der Waals surface area contributed by atoms with Crippen molar-refractivity contribution in [1.29, 1.82) is 0 Å². The van der Waals surface area contributed by atoms with Crippen LogP contribution < -0.4 is 10.6 Å². The van der Waals surface area contributed by atoms with Gasteiger partial charge in [-0.05, 0) is 37.1 Å². The van der Waals surface area contributed by atoms with Gasteiger partial charge in [0, 0.05) is 6.54 Å². The van der Waals surface area contributed by atoms with Gasteiger partial charge in [0.2, 0.25) is 5.75 Å². The van der Waals surface area contributed by atoms with E-state index < -0.39 is 17.5 Å². The van der Waals surface area contributed by atoms with Crippen LogP contribution in [0.2, 0.25) is 0 Å². The lowest BCUT2D eigenvalue weighted by atomic mass is 10.2. The lowest BCUT2D eigenvalue weighted by Crippen LogP contribution is -2.25. The Morgan fingerprint density at radius 1 is 1.29 bits per heavy atom. The molecule has 0 spiro atoms. The molecule has 1 saturated heterocycles. The van der Waals surface area contributed by atoms with Crippen LogP contribution in [0.5, 0.6) is 11.6 Å². The third kappa shape index (κ3) is 3.43. The zero-order chi connectivity index (χ0) is 17.1. The summed E-state index contributed by atoms with van der Waals surface area (Å²) in [6.07, 6.45) is 1.74. The molecular weight excluding hydrogens is 315 g/mol. The fourth-order valence-electron chi connectivity index (χ4n) is 2.55. The number of benzene rings is 1. The predicted molar refractivity (Wildman–Crippen MR) is 82.9 cm³/mol. The number of aromatic nitrogens is 2. The van der Waals surface area contributed by atoms with Crippen LogP contribution in [-0.2, 0) is 6.54 Å². The van der Waals surface area contributed by atoms with E-state index in [1.165, 1.54) is 12.1 Å². The van der Waals surface area contributed by atoms with Gasteiger partial charge in [-0.15, -0.1) is 0 Å². The number of amides is 1. The standard InChI is InChI=1S/C16H17FN4O3/c17-10-5-3-9(4-6-10)8-19-15(23)12-13(22)16(24)21-14(20-12)11-2-1-7-18-11/h3-6,11,18,22H,1-2,7-8H2,(H,19,23)(H,20,21,24). The molecule has 7 nitrogen and oxygen atoms in total. The van der Waals surface area contributed by atoms with Gasteiger partial charge in [-0.25, -0.2) is 9.37 Å². The molecule has 2 aromatic rings. The largest absolute Gasteiger partial charge is 0.501 e. The average Bonchev–Trinajstić information content (AvgIpc) is 3.11. The van der Waals surface area contributed by atoms with E-state index in [0.717, 1.165) is 19.4 Å². The molecule has 1 aliphatic rings. The molecule has 1 aromatic carbocycles. The van der Waals surface area contributed by atoms with Crippen molar-refractivity contribution in [2.24, 2.45) is 0 Å². The Morgan fingerprint density at radius 3 is 2.71 bits per heavy atom. The quantitative estimate of drug-likeness (QED) is 0.674. The summed E-state index contributed by atoms with van der Waals surface area (Å²) >= 11 is 0. The van der Waals surface area contributed by atoms with Crippen LogP contribution in [0.3, 0.4) is 0 Å². The van der Waals surface area contributed by atoms with Crippen molar-refractivity contribution in [3.63, 3.8) is 0 Å². The third-order valence-electron chi connectivity index (χ3n) is 3.84. The lowest BCUT2D eigenvalue weighted by Gasteiger charge is -2.12. The highest BCUT2D eigenvalue weighted by molar-refractivity contribution is 5.95. The first kappa shape index (κ1) is 16.1. The highest BCUT2D eigenvalue weighted by Crippen LogP contribution is 2.29. The van der Waals surface area contributed by atoms with Crippen molar-refractivity contribution < 1.29 is 19.4 Å². The van der Waals surface area contributed by atoms with Gasteiger partial charge in [0.15, 0.2) is 5.69 Å². The van der Waals surface area contributed by atoms with Crippen molar-refractivity contribution in [2.45, 2.75) is 25.4 Å². The summed E-state index contributed by atoms with van der Waals surface area (Å²) < 4.78 is 12.9. The number of carbonyl (C=O) groups is 1. The van der Waals surface area contributed by atoms with Crippen molar-refractivity contribution in [2.75, 3.05) is 6.54 Å². The summed E-state index contributed by atoms with van der Waals surface area (Å²) in [4.78, 5) is 20.2. The van der Waals surface area contributed by atoms with Crippen LogP contribution in [0, 0.1) is 5.82 Å². The van der Waals surface area contributed by atoms with Gasteiger partial charge in [0.05, 0.1) is 6.04 Å². The Kier molecular flexibility index (Phi) is 4.57. The fourth-order valence-corrected chi connectivity index (χ4v) is 2.55. The average molecular weight is 332 g/mol. The molecule has 1 atom stereocenters. The minimum absolute atomic E-state index is 0.139. The summed E-state index contributed by atoms with van der Waals surface area (Å²) in [6, 6.07) is 5.51. The smallest absolute Gasteiger partial charge is 0.274 e. The summed E-state index contributed by atoms with van der Waals surface area (Å²) in [5.41, 5.74) is 0.411. The van der Waals surface area contributed by atoms with Crippen LogP contribution in [0.25, 0.3) is 0 Å². The van der Waals surface area contributed by atoms with Gasteiger partial charge < -0.3 is 20.8 Å². The molecule has 4 N–H and O–H groups in total. The van der Waals surface area contributed by atoms with Gasteiger partial charge in [-0.3, -0.25) is 4.79 Å². The molecule has 0 bridgehead atoms. The second-order valence-electron chi connectivity index (χ2n) is 5.56. The highest BCUT2D eigenvalue weighted by atomic mass is 19.1. The number of carbonyl (C=O) groups excluding carboxylic acids is 1. The molecule has 1 aliphatic heterocycles. The maximum Gasteiger partial charge on any atom is 0.274 e.